The van der Waals surface area contributed by atoms with E-state index in [2.05, 4.69) is 58.6 Å². The van der Waals surface area contributed by atoms with E-state index in [9.17, 15) is 0 Å². The SMILES string of the molecule is CCNC(=NCc1ccc(-n2cncn2)cc1)NCCCCC(C)C.I. The molecule has 0 fully saturated rings. The van der Waals surface area contributed by atoms with E-state index in [1.54, 1.807) is 11.0 Å². The first-order valence-corrected chi connectivity index (χ1v) is 9.15. The third-order valence-electron chi connectivity index (χ3n) is 3.88. The van der Waals surface area contributed by atoms with Gasteiger partial charge in [0.05, 0.1) is 12.2 Å². The minimum Gasteiger partial charge on any atom is -0.357 e. The van der Waals surface area contributed by atoms with Crippen molar-refractivity contribution >= 4 is 29.9 Å². The summed E-state index contributed by atoms with van der Waals surface area (Å²) in [5.74, 6) is 1.66. The van der Waals surface area contributed by atoms with Crippen LogP contribution in [-0.2, 0) is 6.54 Å². The Bertz CT molecular complexity index is 622. The lowest BCUT2D eigenvalue weighted by Gasteiger charge is -2.12. The van der Waals surface area contributed by atoms with Crippen molar-refractivity contribution in [1.29, 1.82) is 0 Å². The second-order valence-electron chi connectivity index (χ2n) is 6.52. The van der Waals surface area contributed by atoms with E-state index < -0.39 is 0 Å². The number of hydrogen-bond acceptors (Lipinski definition) is 3. The van der Waals surface area contributed by atoms with E-state index in [4.69, 9.17) is 0 Å². The Labute approximate surface area is 173 Å². The van der Waals surface area contributed by atoms with Crippen LogP contribution in [0.5, 0.6) is 0 Å². The Kier molecular flexibility index (Phi) is 10.9. The predicted octanol–water partition coefficient (Wildman–Crippen LogP) is 3.77. The van der Waals surface area contributed by atoms with Gasteiger partial charge in [-0.2, -0.15) is 5.10 Å². The number of benzene rings is 1. The molecule has 26 heavy (non-hydrogen) atoms. The van der Waals surface area contributed by atoms with Crippen molar-refractivity contribution in [3.05, 3.63) is 42.5 Å². The van der Waals surface area contributed by atoms with Gasteiger partial charge in [-0.25, -0.2) is 14.7 Å². The predicted molar refractivity (Wildman–Crippen MR) is 118 cm³/mol. The second-order valence-corrected chi connectivity index (χ2v) is 6.52. The monoisotopic (exact) mass is 470 g/mol. The van der Waals surface area contributed by atoms with Gasteiger partial charge < -0.3 is 10.6 Å². The highest BCUT2D eigenvalue weighted by molar-refractivity contribution is 14.0. The van der Waals surface area contributed by atoms with Gasteiger partial charge in [0.25, 0.3) is 0 Å². The van der Waals surface area contributed by atoms with Gasteiger partial charge in [0.15, 0.2) is 5.96 Å². The standard InChI is InChI=1S/C19H30N6.HI/c1-4-21-19(22-12-6-5-7-16(2)3)23-13-17-8-10-18(11-9-17)25-15-20-14-24-25;/h8-11,14-16H,4-7,12-13H2,1-3H3,(H2,21,22,23);1H. The van der Waals surface area contributed by atoms with Crippen LogP contribution in [0.4, 0.5) is 0 Å². The zero-order valence-corrected chi connectivity index (χ0v) is 18.3. The van der Waals surface area contributed by atoms with Crippen LogP contribution in [0, 0.1) is 5.92 Å². The first-order chi connectivity index (χ1) is 12.2. The third-order valence-corrected chi connectivity index (χ3v) is 3.88. The lowest BCUT2D eigenvalue weighted by atomic mass is 10.1. The smallest absolute Gasteiger partial charge is 0.191 e. The van der Waals surface area contributed by atoms with Gasteiger partial charge in [-0.15, -0.1) is 24.0 Å². The number of guanidine groups is 1. The van der Waals surface area contributed by atoms with E-state index >= 15 is 0 Å². The normalized spacial score (nSPS) is 11.3. The molecule has 0 unspecified atom stereocenters. The fourth-order valence-electron chi connectivity index (χ4n) is 2.49. The quantitative estimate of drug-likeness (QED) is 0.254. The largest absolute Gasteiger partial charge is 0.357 e. The van der Waals surface area contributed by atoms with Crippen LogP contribution in [0.25, 0.3) is 5.69 Å². The van der Waals surface area contributed by atoms with Crippen LogP contribution in [0.1, 0.15) is 45.6 Å². The molecule has 7 heteroatoms. The van der Waals surface area contributed by atoms with E-state index in [1.807, 2.05) is 12.1 Å². The number of aliphatic imine (C=N–C) groups is 1. The highest BCUT2D eigenvalue weighted by atomic mass is 127. The Morgan fingerprint density at radius 1 is 1.15 bits per heavy atom. The van der Waals surface area contributed by atoms with Crippen molar-refractivity contribution in [1.82, 2.24) is 25.4 Å². The molecular formula is C19H31IN6. The molecule has 1 heterocycles. The molecule has 0 amide bonds. The molecule has 6 nitrogen and oxygen atoms in total. The van der Waals surface area contributed by atoms with Crippen LogP contribution in [-0.4, -0.2) is 33.8 Å². The van der Waals surface area contributed by atoms with Gasteiger partial charge in [-0.05, 0) is 37.0 Å². The average Bonchev–Trinajstić information content (AvgIpc) is 3.14. The van der Waals surface area contributed by atoms with Crippen molar-refractivity contribution in [3.63, 3.8) is 0 Å². The molecule has 0 aliphatic heterocycles. The van der Waals surface area contributed by atoms with Crippen LogP contribution >= 0.6 is 24.0 Å². The maximum absolute atomic E-state index is 4.67. The zero-order chi connectivity index (χ0) is 17.9. The second kappa shape index (κ2) is 12.7. The molecule has 2 N–H and O–H groups in total. The Balaban J connectivity index is 0.00000338. The van der Waals surface area contributed by atoms with E-state index in [1.165, 1.54) is 31.2 Å². The van der Waals surface area contributed by atoms with E-state index in [0.29, 0.717) is 6.54 Å². The maximum Gasteiger partial charge on any atom is 0.191 e. The molecule has 0 aliphatic rings. The van der Waals surface area contributed by atoms with E-state index in [-0.39, 0.29) is 24.0 Å². The molecule has 0 saturated carbocycles. The van der Waals surface area contributed by atoms with Gasteiger partial charge in [0.2, 0.25) is 0 Å². The molecule has 0 bridgehead atoms. The lowest BCUT2D eigenvalue weighted by molar-refractivity contribution is 0.534. The van der Waals surface area contributed by atoms with Gasteiger partial charge in [0.1, 0.15) is 12.7 Å². The third kappa shape index (κ3) is 8.16. The molecule has 0 spiro atoms. The van der Waals surface area contributed by atoms with Crippen molar-refractivity contribution in [2.24, 2.45) is 10.9 Å². The fraction of sp³-hybridized carbons (Fsp3) is 0.526. The summed E-state index contributed by atoms with van der Waals surface area (Å²) in [6.45, 7) is 9.11. The molecule has 0 aliphatic carbocycles. The maximum atomic E-state index is 4.67. The molecule has 0 radical (unpaired) electrons. The highest BCUT2D eigenvalue weighted by Gasteiger charge is 2.00. The Morgan fingerprint density at radius 3 is 2.54 bits per heavy atom. The van der Waals surface area contributed by atoms with Gasteiger partial charge in [0, 0.05) is 13.1 Å². The van der Waals surface area contributed by atoms with Crippen LogP contribution in [0.3, 0.4) is 0 Å². The summed E-state index contributed by atoms with van der Waals surface area (Å²) < 4.78 is 1.75. The van der Waals surface area contributed by atoms with Crippen LogP contribution in [0.2, 0.25) is 0 Å². The minimum atomic E-state index is 0. The van der Waals surface area contributed by atoms with Gasteiger partial charge >= 0.3 is 0 Å². The molecule has 2 rings (SSSR count). The number of hydrogen-bond donors (Lipinski definition) is 2. The molecular weight excluding hydrogens is 439 g/mol. The van der Waals surface area contributed by atoms with E-state index in [0.717, 1.165) is 30.7 Å². The number of unbranched alkanes of at least 4 members (excludes halogenated alkanes) is 1. The first-order valence-electron chi connectivity index (χ1n) is 9.15. The number of nitrogens with zero attached hydrogens (tertiary/aromatic N) is 4. The molecule has 0 saturated heterocycles. The number of aromatic nitrogens is 3. The fourth-order valence-corrected chi connectivity index (χ4v) is 2.49. The number of halogens is 1. The molecule has 0 atom stereocenters. The van der Waals surface area contributed by atoms with Crippen LogP contribution in [0.15, 0.2) is 41.9 Å². The van der Waals surface area contributed by atoms with Gasteiger partial charge in [-0.3, -0.25) is 0 Å². The topological polar surface area (TPSA) is 67.1 Å². The van der Waals surface area contributed by atoms with Crippen molar-refractivity contribution in [2.75, 3.05) is 13.1 Å². The highest BCUT2D eigenvalue weighted by Crippen LogP contribution is 2.09. The summed E-state index contributed by atoms with van der Waals surface area (Å²) in [6.07, 6.45) is 6.95. The van der Waals surface area contributed by atoms with Crippen molar-refractivity contribution in [3.8, 4) is 5.69 Å². The summed E-state index contributed by atoms with van der Waals surface area (Å²) in [7, 11) is 0. The molecule has 144 valence electrons. The summed E-state index contributed by atoms with van der Waals surface area (Å²) in [4.78, 5) is 8.63. The minimum absolute atomic E-state index is 0. The summed E-state index contributed by atoms with van der Waals surface area (Å²) in [5.41, 5.74) is 2.17. The lowest BCUT2D eigenvalue weighted by Crippen LogP contribution is -2.37. The average molecular weight is 470 g/mol. The molecule has 2 aromatic rings. The van der Waals surface area contributed by atoms with Crippen molar-refractivity contribution < 1.29 is 0 Å². The Morgan fingerprint density at radius 2 is 1.92 bits per heavy atom. The molecule has 1 aromatic carbocycles. The summed E-state index contributed by atoms with van der Waals surface area (Å²) in [5, 5.41) is 10.8. The molecule has 1 aromatic heterocycles. The number of rotatable bonds is 9. The zero-order valence-electron chi connectivity index (χ0n) is 16.0. The van der Waals surface area contributed by atoms with Crippen LogP contribution < -0.4 is 10.6 Å². The number of nitrogens with one attached hydrogen (secondary N) is 2. The van der Waals surface area contributed by atoms with Gasteiger partial charge in [-0.1, -0.05) is 38.8 Å². The Hall–Kier alpha value is -1.64. The summed E-state index contributed by atoms with van der Waals surface area (Å²) in [6, 6.07) is 8.22. The first kappa shape index (κ1) is 22.4. The van der Waals surface area contributed by atoms with Crippen molar-refractivity contribution in [2.45, 2.75) is 46.6 Å². The summed E-state index contributed by atoms with van der Waals surface area (Å²) >= 11 is 0.